The zero-order chi connectivity index (χ0) is 17.8. The van der Waals surface area contributed by atoms with Gasteiger partial charge >= 0.3 is 0 Å². The van der Waals surface area contributed by atoms with E-state index in [0.717, 1.165) is 60.9 Å². The lowest BCUT2D eigenvalue weighted by Crippen LogP contribution is -2.40. The lowest BCUT2D eigenvalue weighted by atomic mass is 9.90. The highest BCUT2D eigenvalue weighted by Crippen LogP contribution is 2.23. The van der Waals surface area contributed by atoms with Gasteiger partial charge in [-0.15, -0.1) is 12.4 Å². The van der Waals surface area contributed by atoms with E-state index in [4.69, 9.17) is 4.74 Å². The van der Waals surface area contributed by atoms with E-state index in [1.807, 2.05) is 36.1 Å². The van der Waals surface area contributed by atoms with E-state index in [-0.39, 0.29) is 30.3 Å². The summed E-state index contributed by atoms with van der Waals surface area (Å²) in [7, 11) is 1.55. The fourth-order valence-electron chi connectivity index (χ4n) is 3.67. The van der Waals surface area contributed by atoms with Crippen LogP contribution in [0.4, 0.5) is 0 Å². The SMILES string of the molecule is COCC(=O)N1CCC(CCc2[nH]c3ccccc3c(=O)c2C)CC1.Cl. The Morgan fingerprint density at radius 2 is 1.96 bits per heavy atom. The van der Waals surface area contributed by atoms with Crippen molar-refractivity contribution in [3.05, 3.63) is 45.7 Å². The van der Waals surface area contributed by atoms with E-state index in [1.54, 1.807) is 7.11 Å². The normalized spacial score (nSPS) is 15.1. The minimum absolute atomic E-state index is 0. The lowest BCUT2D eigenvalue weighted by molar-refractivity contribution is -0.136. The number of hydrogen-bond donors (Lipinski definition) is 1. The summed E-state index contributed by atoms with van der Waals surface area (Å²) in [5, 5.41) is 0.758. The van der Waals surface area contributed by atoms with E-state index < -0.39 is 0 Å². The number of aromatic nitrogens is 1. The molecule has 0 radical (unpaired) electrons. The molecule has 1 aromatic carbocycles. The average Bonchev–Trinajstić information content (AvgIpc) is 2.64. The minimum atomic E-state index is 0. The molecule has 0 saturated carbocycles. The Hall–Kier alpha value is -1.85. The molecule has 0 spiro atoms. The summed E-state index contributed by atoms with van der Waals surface area (Å²) in [6.07, 6.45) is 3.96. The van der Waals surface area contributed by atoms with Crippen molar-refractivity contribution in [2.24, 2.45) is 5.92 Å². The molecule has 3 rings (SSSR count). The number of benzene rings is 1. The number of pyridine rings is 1. The Balaban J connectivity index is 0.00000243. The van der Waals surface area contributed by atoms with Gasteiger partial charge in [-0.3, -0.25) is 9.59 Å². The highest BCUT2D eigenvalue weighted by molar-refractivity contribution is 5.85. The van der Waals surface area contributed by atoms with Crippen molar-refractivity contribution in [3.63, 3.8) is 0 Å². The fourth-order valence-corrected chi connectivity index (χ4v) is 3.67. The molecule has 2 heterocycles. The van der Waals surface area contributed by atoms with Crippen molar-refractivity contribution in [1.29, 1.82) is 0 Å². The summed E-state index contributed by atoms with van der Waals surface area (Å²) < 4.78 is 4.92. The highest BCUT2D eigenvalue weighted by Gasteiger charge is 2.22. The predicted molar refractivity (Wildman–Crippen MR) is 106 cm³/mol. The molecule has 1 aliphatic rings. The number of hydrogen-bond acceptors (Lipinski definition) is 3. The minimum Gasteiger partial charge on any atom is -0.375 e. The topological polar surface area (TPSA) is 62.4 Å². The third kappa shape index (κ3) is 4.46. The Bertz CT molecular complexity index is 810. The third-order valence-corrected chi connectivity index (χ3v) is 5.29. The third-order valence-electron chi connectivity index (χ3n) is 5.29. The summed E-state index contributed by atoms with van der Waals surface area (Å²) in [5.74, 6) is 0.677. The first-order valence-corrected chi connectivity index (χ1v) is 8.97. The summed E-state index contributed by atoms with van der Waals surface area (Å²) >= 11 is 0. The number of fused-ring (bicyclic) bond motifs is 1. The van der Waals surface area contributed by atoms with E-state index in [2.05, 4.69) is 4.98 Å². The zero-order valence-corrected chi connectivity index (χ0v) is 16.2. The van der Waals surface area contributed by atoms with Crippen LogP contribution in [0.25, 0.3) is 10.9 Å². The van der Waals surface area contributed by atoms with Gasteiger partial charge in [0.25, 0.3) is 0 Å². The van der Waals surface area contributed by atoms with Crippen molar-refractivity contribution in [2.75, 3.05) is 26.8 Å². The van der Waals surface area contributed by atoms with Crippen LogP contribution in [0.1, 0.15) is 30.5 Å². The molecular formula is C20H27ClN2O3. The molecule has 142 valence electrons. The van der Waals surface area contributed by atoms with E-state index in [1.165, 1.54) is 0 Å². The molecular weight excluding hydrogens is 352 g/mol. The molecule has 6 heteroatoms. The summed E-state index contributed by atoms with van der Waals surface area (Å²) in [6, 6.07) is 7.68. The van der Waals surface area contributed by atoms with E-state index >= 15 is 0 Å². The Labute approximate surface area is 160 Å². The van der Waals surface area contributed by atoms with Gasteiger partial charge in [0.15, 0.2) is 5.43 Å². The summed E-state index contributed by atoms with van der Waals surface area (Å²) in [4.78, 5) is 29.7. The first kappa shape index (κ1) is 20.5. The van der Waals surface area contributed by atoms with Crippen molar-refractivity contribution < 1.29 is 9.53 Å². The van der Waals surface area contributed by atoms with Crippen LogP contribution in [0.15, 0.2) is 29.1 Å². The van der Waals surface area contributed by atoms with Gasteiger partial charge in [0, 0.05) is 42.4 Å². The molecule has 0 atom stereocenters. The number of para-hydroxylation sites is 1. The van der Waals surface area contributed by atoms with Crippen LogP contribution in [-0.4, -0.2) is 42.6 Å². The van der Waals surface area contributed by atoms with Crippen molar-refractivity contribution in [2.45, 2.75) is 32.6 Å². The Morgan fingerprint density at radius 3 is 2.65 bits per heavy atom. The number of likely N-dealkylation sites (tertiary alicyclic amines) is 1. The molecule has 1 amide bonds. The molecule has 1 aliphatic heterocycles. The number of carbonyl (C=O) groups excluding carboxylic acids is 1. The summed E-state index contributed by atoms with van der Waals surface area (Å²) in [6.45, 7) is 3.69. The number of amides is 1. The van der Waals surface area contributed by atoms with Crippen molar-refractivity contribution in [3.8, 4) is 0 Å². The molecule has 1 saturated heterocycles. The number of carbonyl (C=O) groups is 1. The van der Waals surface area contributed by atoms with Gasteiger partial charge < -0.3 is 14.6 Å². The van der Waals surface area contributed by atoms with Crippen LogP contribution >= 0.6 is 12.4 Å². The van der Waals surface area contributed by atoms with Crippen LogP contribution in [-0.2, 0) is 16.0 Å². The molecule has 5 nitrogen and oxygen atoms in total. The van der Waals surface area contributed by atoms with Gasteiger partial charge in [0.2, 0.25) is 5.91 Å². The maximum atomic E-state index is 12.5. The number of aromatic amines is 1. The van der Waals surface area contributed by atoms with Crippen LogP contribution < -0.4 is 5.43 Å². The molecule has 0 aliphatic carbocycles. The zero-order valence-electron chi connectivity index (χ0n) is 15.4. The smallest absolute Gasteiger partial charge is 0.248 e. The molecule has 26 heavy (non-hydrogen) atoms. The maximum absolute atomic E-state index is 12.5. The number of piperidine rings is 1. The molecule has 0 bridgehead atoms. The van der Waals surface area contributed by atoms with Gasteiger partial charge in [-0.1, -0.05) is 12.1 Å². The van der Waals surface area contributed by atoms with Gasteiger partial charge in [0.1, 0.15) is 6.61 Å². The quantitative estimate of drug-likeness (QED) is 0.869. The molecule has 1 aromatic heterocycles. The molecule has 2 aromatic rings. The molecule has 1 N–H and O–H groups in total. The average molecular weight is 379 g/mol. The second-order valence-electron chi connectivity index (χ2n) is 6.90. The number of aryl methyl sites for hydroxylation is 1. The summed E-state index contributed by atoms with van der Waals surface area (Å²) in [5.41, 5.74) is 2.91. The number of nitrogens with zero attached hydrogens (tertiary/aromatic N) is 1. The van der Waals surface area contributed by atoms with Gasteiger partial charge in [-0.2, -0.15) is 0 Å². The van der Waals surface area contributed by atoms with Gasteiger partial charge in [0.05, 0.1) is 0 Å². The fraction of sp³-hybridized carbons (Fsp3) is 0.500. The predicted octanol–water partition coefficient (Wildman–Crippen LogP) is 3.08. The van der Waals surface area contributed by atoms with Crippen LogP contribution in [0.5, 0.6) is 0 Å². The van der Waals surface area contributed by atoms with Crippen LogP contribution in [0.2, 0.25) is 0 Å². The number of rotatable bonds is 5. The highest BCUT2D eigenvalue weighted by atomic mass is 35.5. The van der Waals surface area contributed by atoms with Gasteiger partial charge in [-0.05, 0) is 50.7 Å². The van der Waals surface area contributed by atoms with E-state index in [0.29, 0.717) is 5.92 Å². The Kier molecular flexibility index (Phi) is 7.23. The standard InChI is InChI=1S/C20H26N2O3.ClH/c1-14-17(21-18-6-4-3-5-16(18)20(14)24)8-7-15-9-11-22(12-10-15)19(23)13-25-2;/h3-6,15H,7-13H2,1-2H3,(H,21,24);1H. The van der Waals surface area contributed by atoms with Crippen LogP contribution in [0.3, 0.4) is 0 Å². The number of nitrogens with one attached hydrogen (secondary N) is 1. The maximum Gasteiger partial charge on any atom is 0.248 e. The second kappa shape index (κ2) is 9.19. The van der Waals surface area contributed by atoms with E-state index in [9.17, 15) is 9.59 Å². The molecule has 0 unspecified atom stereocenters. The first-order valence-electron chi connectivity index (χ1n) is 8.97. The second-order valence-corrected chi connectivity index (χ2v) is 6.90. The number of H-pyrrole nitrogens is 1. The van der Waals surface area contributed by atoms with Crippen molar-refractivity contribution >= 4 is 29.2 Å². The lowest BCUT2D eigenvalue weighted by Gasteiger charge is -2.32. The largest absolute Gasteiger partial charge is 0.375 e. The number of ether oxygens (including phenoxy) is 1. The number of halogens is 1. The number of methoxy groups -OCH3 is 1. The van der Waals surface area contributed by atoms with Crippen LogP contribution in [0, 0.1) is 12.8 Å². The van der Waals surface area contributed by atoms with Gasteiger partial charge in [-0.25, -0.2) is 0 Å². The van der Waals surface area contributed by atoms with Crippen molar-refractivity contribution in [1.82, 2.24) is 9.88 Å². The molecule has 1 fully saturated rings. The monoisotopic (exact) mass is 378 g/mol. The first-order chi connectivity index (χ1) is 12.1. The Morgan fingerprint density at radius 1 is 1.27 bits per heavy atom.